The minimum absolute atomic E-state index is 0.0367. The van der Waals surface area contributed by atoms with Gasteiger partial charge in [0.15, 0.2) is 0 Å². The minimum atomic E-state index is 0.0367. The Morgan fingerprint density at radius 3 is 2.23 bits per heavy atom. The van der Waals surface area contributed by atoms with Crippen LogP contribution in [-0.4, -0.2) is 30.3 Å². The second-order valence-corrected chi connectivity index (χ2v) is 13.0. The number of aromatic nitrogens is 2. The molecule has 0 fully saturated rings. The lowest BCUT2D eigenvalue weighted by molar-refractivity contribution is 0.588. The summed E-state index contributed by atoms with van der Waals surface area (Å²) in [6, 6.07) is 33.3. The lowest BCUT2D eigenvalue weighted by atomic mass is 9.88. The van der Waals surface area contributed by atoms with E-state index in [1.54, 1.807) is 0 Å². The van der Waals surface area contributed by atoms with Crippen LogP contribution in [0.15, 0.2) is 97.2 Å². The van der Waals surface area contributed by atoms with Gasteiger partial charge in [-0.05, 0) is 96.6 Å². The van der Waals surface area contributed by atoms with Gasteiger partial charge in [0.1, 0.15) is 5.82 Å². The first kappa shape index (κ1) is 27.1. The number of fused-ring (bicyclic) bond motifs is 4. The highest BCUT2D eigenvalue weighted by atomic mass is 15.4. The first-order chi connectivity index (χ1) is 20.6. The van der Waals surface area contributed by atoms with Crippen molar-refractivity contribution >= 4 is 50.2 Å². The monoisotopic (exact) mass is 565 g/mol. The molecule has 3 heterocycles. The van der Waals surface area contributed by atoms with Gasteiger partial charge in [-0.25, -0.2) is 4.98 Å². The molecule has 0 atom stereocenters. The Balaban J connectivity index is 1.32. The van der Waals surface area contributed by atoms with E-state index in [-0.39, 0.29) is 5.41 Å². The summed E-state index contributed by atoms with van der Waals surface area (Å²) in [7, 11) is 4.33. The molecule has 6 aromatic rings. The fraction of sp³-hybridized carbons (Fsp3) is 0.237. The molecule has 7 rings (SSSR count). The standard InChI is InChI=1S/C38H39N5/c1-25-19-35-36(20-26(25)2)42(24-40(35)6)30-12-10-11-28(22-30)41(7)29-15-16-32-31-13-8-9-14-33(31)43(34(32)23-29)37-21-27(17-18-39-37)38(3,4)5/h8-23H,24H2,1-7H3. The lowest BCUT2D eigenvalue weighted by Crippen LogP contribution is -2.24. The number of benzene rings is 4. The maximum Gasteiger partial charge on any atom is 0.137 e. The van der Waals surface area contributed by atoms with Crippen LogP contribution in [0.2, 0.25) is 0 Å². The van der Waals surface area contributed by atoms with Crippen molar-refractivity contribution in [2.45, 2.75) is 40.0 Å². The summed E-state index contributed by atoms with van der Waals surface area (Å²) in [6.07, 6.45) is 1.94. The Morgan fingerprint density at radius 2 is 1.44 bits per heavy atom. The number of nitrogens with zero attached hydrogens (tertiary/aromatic N) is 5. The molecule has 5 nitrogen and oxygen atoms in total. The van der Waals surface area contributed by atoms with Gasteiger partial charge in [0.05, 0.1) is 29.1 Å². The van der Waals surface area contributed by atoms with E-state index < -0.39 is 0 Å². The zero-order chi connectivity index (χ0) is 30.0. The van der Waals surface area contributed by atoms with Crippen molar-refractivity contribution in [3.63, 3.8) is 0 Å². The molecular weight excluding hydrogens is 526 g/mol. The Labute approximate surface area is 254 Å². The molecule has 0 saturated carbocycles. The van der Waals surface area contributed by atoms with Gasteiger partial charge < -0.3 is 14.7 Å². The fourth-order valence-corrected chi connectivity index (χ4v) is 6.33. The predicted octanol–water partition coefficient (Wildman–Crippen LogP) is 9.41. The molecule has 0 saturated heterocycles. The number of pyridine rings is 1. The minimum Gasteiger partial charge on any atom is -0.355 e. The van der Waals surface area contributed by atoms with Crippen LogP contribution in [0.3, 0.4) is 0 Å². The van der Waals surface area contributed by atoms with E-state index >= 15 is 0 Å². The van der Waals surface area contributed by atoms with Crippen LogP contribution < -0.4 is 14.7 Å². The molecular formula is C38H39N5. The number of aryl methyl sites for hydroxylation is 2. The van der Waals surface area contributed by atoms with Gasteiger partial charge >= 0.3 is 0 Å². The number of anilines is 5. The summed E-state index contributed by atoms with van der Waals surface area (Å²) in [4.78, 5) is 11.9. The highest BCUT2D eigenvalue weighted by molar-refractivity contribution is 6.10. The van der Waals surface area contributed by atoms with Crippen molar-refractivity contribution in [2.75, 3.05) is 35.5 Å². The molecule has 4 aromatic carbocycles. The molecule has 5 heteroatoms. The molecule has 0 radical (unpaired) electrons. The molecule has 0 N–H and O–H groups in total. The van der Waals surface area contributed by atoms with E-state index in [4.69, 9.17) is 4.98 Å². The van der Waals surface area contributed by atoms with Crippen LogP contribution in [0.4, 0.5) is 28.4 Å². The molecule has 0 amide bonds. The number of hydrogen-bond donors (Lipinski definition) is 0. The first-order valence-electron chi connectivity index (χ1n) is 15.0. The summed E-state index contributed by atoms with van der Waals surface area (Å²) in [6.45, 7) is 12.0. The van der Waals surface area contributed by atoms with Gasteiger partial charge in [0.2, 0.25) is 0 Å². The van der Waals surface area contributed by atoms with E-state index in [0.29, 0.717) is 0 Å². The Hall–Kier alpha value is -4.77. The SMILES string of the molecule is Cc1cc2c(cc1C)N(c1cccc(N(C)c3ccc4c5ccccc5n(-c5cc(C(C)(C)C)ccn5)c4c3)c1)CN2C. The third-order valence-electron chi connectivity index (χ3n) is 9.06. The smallest absolute Gasteiger partial charge is 0.137 e. The van der Waals surface area contributed by atoms with Crippen LogP contribution in [0.1, 0.15) is 37.5 Å². The number of rotatable bonds is 4. The zero-order valence-electron chi connectivity index (χ0n) is 26.2. The van der Waals surface area contributed by atoms with Gasteiger partial charge in [-0.1, -0.05) is 51.1 Å². The molecule has 1 aliphatic heterocycles. The summed E-state index contributed by atoms with van der Waals surface area (Å²) in [5, 5.41) is 2.46. The molecule has 0 spiro atoms. The Kier molecular flexibility index (Phi) is 6.24. The highest BCUT2D eigenvalue weighted by Crippen LogP contribution is 2.43. The van der Waals surface area contributed by atoms with Crippen LogP contribution >= 0.6 is 0 Å². The third kappa shape index (κ3) is 4.51. The van der Waals surface area contributed by atoms with E-state index in [2.05, 4.69) is 159 Å². The average Bonchev–Trinajstić information content (AvgIpc) is 3.50. The Bertz CT molecular complexity index is 2010. The summed E-state index contributed by atoms with van der Waals surface area (Å²) in [5.74, 6) is 0.947. The van der Waals surface area contributed by atoms with Crippen LogP contribution in [0.5, 0.6) is 0 Å². The maximum atomic E-state index is 4.86. The van der Waals surface area contributed by atoms with E-state index in [0.717, 1.165) is 29.4 Å². The van der Waals surface area contributed by atoms with Crippen molar-refractivity contribution in [3.8, 4) is 5.82 Å². The largest absolute Gasteiger partial charge is 0.355 e. The normalized spacial score (nSPS) is 13.3. The first-order valence-corrected chi connectivity index (χ1v) is 15.0. The van der Waals surface area contributed by atoms with Crippen LogP contribution in [-0.2, 0) is 5.41 Å². The average molecular weight is 566 g/mol. The van der Waals surface area contributed by atoms with Gasteiger partial charge in [-0.15, -0.1) is 0 Å². The van der Waals surface area contributed by atoms with Gasteiger partial charge in [-0.2, -0.15) is 0 Å². The fourth-order valence-electron chi connectivity index (χ4n) is 6.33. The van der Waals surface area contributed by atoms with Crippen molar-refractivity contribution in [2.24, 2.45) is 0 Å². The van der Waals surface area contributed by atoms with Gasteiger partial charge in [0, 0.05) is 48.1 Å². The van der Waals surface area contributed by atoms with Gasteiger partial charge in [0.25, 0.3) is 0 Å². The van der Waals surface area contributed by atoms with Crippen LogP contribution in [0, 0.1) is 13.8 Å². The lowest BCUT2D eigenvalue weighted by Gasteiger charge is -2.24. The topological polar surface area (TPSA) is 27.5 Å². The summed E-state index contributed by atoms with van der Waals surface area (Å²) in [5.41, 5.74) is 12.3. The van der Waals surface area contributed by atoms with Crippen LogP contribution in [0.25, 0.3) is 27.6 Å². The molecule has 2 aromatic heterocycles. The molecule has 0 aliphatic carbocycles. The Morgan fingerprint density at radius 1 is 0.721 bits per heavy atom. The van der Waals surface area contributed by atoms with Crippen molar-refractivity contribution < 1.29 is 0 Å². The molecule has 43 heavy (non-hydrogen) atoms. The molecule has 1 aliphatic rings. The van der Waals surface area contributed by atoms with E-state index in [1.807, 2.05) is 6.20 Å². The molecule has 0 bridgehead atoms. The maximum absolute atomic E-state index is 4.86. The van der Waals surface area contributed by atoms with Crippen molar-refractivity contribution in [1.82, 2.24) is 9.55 Å². The second kappa shape index (κ2) is 9.91. The predicted molar refractivity (Wildman–Crippen MR) is 183 cm³/mol. The van der Waals surface area contributed by atoms with E-state index in [9.17, 15) is 0 Å². The van der Waals surface area contributed by atoms with Gasteiger partial charge in [-0.3, -0.25) is 4.57 Å². The second-order valence-electron chi connectivity index (χ2n) is 13.0. The van der Waals surface area contributed by atoms with Crippen molar-refractivity contribution in [3.05, 3.63) is 114 Å². The molecule has 216 valence electrons. The quantitative estimate of drug-likeness (QED) is 0.213. The number of hydrogen-bond acceptors (Lipinski definition) is 4. The number of para-hydroxylation sites is 1. The highest BCUT2D eigenvalue weighted by Gasteiger charge is 2.26. The molecule has 0 unspecified atom stereocenters. The van der Waals surface area contributed by atoms with Crippen molar-refractivity contribution in [1.29, 1.82) is 0 Å². The summed E-state index contributed by atoms with van der Waals surface area (Å²) >= 11 is 0. The third-order valence-corrected chi connectivity index (χ3v) is 9.06. The summed E-state index contributed by atoms with van der Waals surface area (Å²) < 4.78 is 2.31. The van der Waals surface area contributed by atoms with E-state index in [1.165, 1.54) is 50.0 Å². The zero-order valence-corrected chi connectivity index (χ0v) is 26.2.